The Bertz CT molecular complexity index is 265. The normalized spacial score (nSPS) is 37.7. The average molecular weight is 236 g/mol. The lowest BCUT2D eigenvalue weighted by atomic mass is 9.64. The molecule has 2 unspecified atom stereocenters. The lowest BCUT2D eigenvalue weighted by Crippen LogP contribution is -2.38. The number of ketones is 1. The van der Waals surface area contributed by atoms with Gasteiger partial charge in [-0.3, -0.25) is 4.79 Å². The van der Waals surface area contributed by atoms with E-state index in [1.165, 1.54) is 25.7 Å². The summed E-state index contributed by atoms with van der Waals surface area (Å²) in [4.78, 5) is 12.8. The molecule has 0 radical (unpaired) electrons. The summed E-state index contributed by atoms with van der Waals surface area (Å²) in [5.41, 5.74) is 0.0275. The van der Waals surface area contributed by atoms with Gasteiger partial charge in [0.15, 0.2) is 0 Å². The Morgan fingerprint density at radius 3 is 2.00 bits per heavy atom. The van der Waals surface area contributed by atoms with Crippen LogP contribution in [0.1, 0.15) is 72.1 Å². The molecule has 2 aliphatic rings. The van der Waals surface area contributed by atoms with Gasteiger partial charge in [0.2, 0.25) is 0 Å². The average Bonchev–Trinajstić information content (AvgIpc) is 2.27. The summed E-state index contributed by atoms with van der Waals surface area (Å²) in [5, 5.41) is 0. The third kappa shape index (κ3) is 2.92. The number of hydrogen-bond donors (Lipinski definition) is 0. The molecule has 0 bridgehead atoms. The van der Waals surface area contributed by atoms with Crippen molar-refractivity contribution in [3.8, 4) is 0 Å². The quantitative estimate of drug-likeness (QED) is 0.685. The molecule has 0 heterocycles. The summed E-state index contributed by atoms with van der Waals surface area (Å²) >= 11 is 0. The molecule has 0 aromatic carbocycles. The number of Topliss-reactive ketones (excluding diaryl/α,β-unsaturated/α-hetero) is 1. The van der Waals surface area contributed by atoms with Crippen LogP contribution in [-0.4, -0.2) is 5.78 Å². The van der Waals surface area contributed by atoms with E-state index in [4.69, 9.17) is 0 Å². The van der Waals surface area contributed by atoms with E-state index in [-0.39, 0.29) is 5.41 Å². The highest BCUT2D eigenvalue weighted by Crippen LogP contribution is 2.43. The van der Waals surface area contributed by atoms with E-state index in [1.807, 2.05) is 0 Å². The molecule has 2 fully saturated rings. The maximum atomic E-state index is 12.8. The summed E-state index contributed by atoms with van der Waals surface area (Å²) in [7, 11) is 0. The van der Waals surface area contributed by atoms with Gasteiger partial charge in [0.05, 0.1) is 0 Å². The van der Waals surface area contributed by atoms with Crippen LogP contribution in [0.5, 0.6) is 0 Å². The van der Waals surface area contributed by atoms with E-state index < -0.39 is 0 Å². The molecule has 98 valence electrons. The van der Waals surface area contributed by atoms with Crippen LogP contribution in [0.2, 0.25) is 0 Å². The number of hydrogen-bond acceptors (Lipinski definition) is 1. The number of carbonyl (C=O) groups is 1. The van der Waals surface area contributed by atoms with Crippen LogP contribution in [-0.2, 0) is 4.79 Å². The molecule has 0 spiro atoms. The van der Waals surface area contributed by atoms with Crippen LogP contribution in [0.25, 0.3) is 0 Å². The molecule has 2 rings (SSSR count). The third-order valence-corrected chi connectivity index (χ3v) is 5.10. The zero-order valence-electron chi connectivity index (χ0n) is 11.8. The van der Waals surface area contributed by atoms with E-state index in [9.17, 15) is 4.79 Å². The maximum absolute atomic E-state index is 12.8. The largest absolute Gasteiger partial charge is 0.299 e. The molecule has 17 heavy (non-hydrogen) atoms. The highest BCUT2D eigenvalue weighted by atomic mass is 16.1. The van der Waals surface area contributed by atoms with Crippen LogP contribution in [0.15, 0.2) is 0 Å². The van der Waals surface area contributed by atoms with E-state index in [0.29, 0.717) is 11.7 Å². The van der Waals surface area contributed by atoms with Gasteiger partial charge in [-0.15, -0.1) is 0 Å². The molecule has 0 aliphatic heterocycles. The van der Waals surface area contributed by atoms with Crippen molar-refractivity contribution in [3.05, 3.63) is 0 Å². The first-order valence-corrected chi connectivity index (χ1v) is 7.55. The van der Waals surface area contributed by atoms with Crippen molar-refractivity contribution < 1.29 is 4.79 Å². The van der Waals surface area contributed by atoms with Gasteiger partial charge in [0.25, 0.3) is 0 Å². The summed E-state index contributed by atoms with van der Waals surface area (Å²) in [6.45, 7) is 6.87. The first kappa shape index (κ1) is 13.1. The van der Waals surface area contributed by atoms with Gasteiger partial charge in [0.1, 0.15) is 5.78 Å². The Labute approximate surface area is 106 Å². The Morgan fingerprint density at radius 2 is 1.47 bits per heavy atom. The molecule has 2 aliphatic carbocycles. The Balaban J connectivity index is 2.03. The second-order valence-electron chi connectivity index (χ2n) is 7.10. The zero-order chi connectivity index (χ0) is 12.5. The lowest BCUT2D eigenvalue weighted by molar-refractivity contribution is -0.135. The molecule has 0 amide bonds. The van der Waals surface area contributed by atoms with Gasteiger partial charge in [-0.2, -0.15) is 0 Å². The maximum Gasteiger partial charge on any atom is 0.141 e. The van der Waals surface area contributed by atoms with E-state index in [0.717, 1.165) is 37.5 Å². The summed E-state index contributed by atoms with van der Waals surface area (Å²) in [5.74, 6) is 2.48. The Morgan fingerprint density at radius 1 is 0.941 bits per heavy atom. The summed E-state index contributed by atoms with van der Waals surface area (Å²) < 4.78 is 0. The highest BCUT2D eigenvalue weighted by Gasteiger charge is 2.40. The van der Waals surface area contributed by atoms with Crippen molar-refractivity contribution in [1.29, 1.82) is 0 Å². The molecule has 1 nitrogen and oxygen atoms in total. The highest BCUT2D eigenvalue weighted by molar-refractivity contribution is 5.86. The van der Waals surface area contributed by atoms with E-state index in [1.54, 1.807) is 0 Å². The van der Waals surface area contributed by atoms with Crippen molar-refractivity contribution in [2.45, 2.75) is 72.1 Å². The molecule has 0 aromatic rings. The number of carbonyl (C=O) groups excluding carboxylic acids is 1. The van der Waals surface area contributed by atoms with Crippen molar-refractivity contribution in [2.75, 3.05) is 0 Å². The predicted molar refractivity (Wildman–Crippen MR) is 71.9 cm³/mol. The monoisotopic (exact) mass is 236 g/mol. The van der Waals surface area contributed by atoms with Gasteiger partial charge in [-0.1, -0.05) is 40.0 Å². The van der Waals surface area contributed by atoms with Crippen molar-refractivity contribution in [2.24, 2.45) is 23.2 Å². The smallest absolute Gasteiger partial charge is 0.141 e. The lowest BCUT2D eigenvalue weighted by Gasteiger charge is -2.39. The van der Waals surface area contributed by atoms with Gasteiger partial charge in [-0.25, -0.2) is 0 Å². The molecule has 0 N–H and O–H groups in total. The van der Waals surface area contributed by atoms with Crippen molar-refractivity contribution in [3.63, 3.8) is 0 Å². The van der Waals surface area contributed by atoms with Crippen LogP contribution in [0.3, 0.4) is 0 Å². The SMILES string of the molecule is CC1CC(C)CC(C(=O)C2(C)CCCCC2)C1. The number of rotatable bonds is 2. The molecule has 0 aromatic heterocycles. The topological polar surface area (TPSA) is 17.1 Å². The summed E-state index contributed by atoms with van der Waals surface area (Å²) in [6, 6.07) is 0. The van der Waals surface area contributed by atoms with E-state index in [2.05, 4.69) is 20.8 Å². The minimum Gasteiger partial charge on any atom is -0.299 e. The van der Waals surface area contributed by atoms with Crippen molar-refractivity contribution >= 4 is 5.78 Å². The predicted octanol–water partition coefficient (Wildman–Crippen LogP) is 4.60. The fraction of sp³-hybridized carbons (Fsp3) is 0.938. The van der Waals surface area contributed by atoms with Crippen LogP contribution in [0.4, 0.5) is 0 Å². The van der Waals surface area contributed by atoms with Gasteiger partial charge in [0, 0.05) is 11.3 Å². The minimum atomic E-state index is 0.0275. The van der Waals surface area contributed by atoms with Gasteiger partial charge in [-0.05, 0) is 43.9 Å². The standard InChI is InChI=1S/C16H28O/c1-12-9-13(2)11-14(10-12)15(17)16(3)7-5-4-6-8-16/h12-14H,4-11H2,1-3H3. The second kappa shape index (κ2) is 5.12. The van der Waals surface area contributed by atoms with Crippen LogP contribution < -0.4 is 0 Å². The molecular weight excluding hydrogens is 208 g/mol. The molecule has 0 saturated heterocycles. The van der Waals surface area contributed by atoms with Crippen LogP contribution in [0, 0.1) is 23.2 Å². The third-order valence-electron chi connectivity index (χ3n) is 5.10. The molecule has 2 saturated carbocycles. The van der Waals surface area contributed by atoms with Gasteiger partial charge >= 0.3 is 0 Å². The zero-order valence-corrected chi connectivity index (χ0v) is 11.8. The fourth-order valence-electron chi connectivity index (χ4n) is 4.23. The first-order chi connectivity index (χ1) is 8.01. The Kier molecular flexibility index (Phi) is 3.95. The Hall–Kier alpha value is -0.330. The van der Waals surface area contributed by atoms with Crippen molar-refractivity contribution in [1.82, 2.24) is 0 Å². The fourth-order valence-corrected chi connectivity index (χ4v) is 4.23. The minimum absolute atomic E-state index is 0.0275. The second-order valence-corrected chi connectivity index (χ2v) is 7.10. The van der Waals surface area contributed by atoms with E-state index >= 15 is 0 Å². The molecule has 2 atom stereocenters. The molecule has 1 heteroatoms. The van der Waals surface area contributed by atoms with Crippen LogP contribution >= 0.6 is 0 Å². The molecular formula is C16H28O. The first-order valence-electron chi connectivity index (χ1n) is 7.55. The summed E-state index contributed by atoms with van der Waals surface area (Å²) in [6.07, 6.45) is 9.77. The van der Waals surface area contributed by atoms with Gasteiger partial charge < -0.3 is 0 Å².